The number of nitro groups is 1. The molecule has 0 heterocycles. The van der Waals surface area contributed by atoms with Gasteiger partial charge in [-0.25, -0.2) is 13.1 Å². The molecule has 0 spiro atoms. The Kier molecular flexibility index (Phi) is 9.51. The van der Waals surface area contributed by atoms with Gasteiger partial charge < -0.3 is 10.2 Å². The number of anilines is 1. The van der Waals surface area contributed by atoms with Gasteiger partial charge in [-0.3, -0.25) is 24.5 Å². The first-order valence-electron chi connectivity index (χ1n) is 13.5. The fraction of sp³-hybridized carbons (Fsp3) is 0.194. The molecular formula is C31H30N4O7S. The number of nitrogens with zero attached hydrogens (tertiary/aromatic N) is 2. The van der Waals surface area contributed by atoms with Crippen molar-refractivity contribution in [3.8, 4) is 0 Å². The number of fused-ring (bicyclic) bond motifs is 1. The van der Waals surface area contributed by atoms with Crippen LogP contribution >= 0.6 is 0 Å². The number of carbonyl (C=O) groups is 3. The largest absolute Gasteiger partial charge is 0.343 e. The Bertz CT molecular complexity index is 1770. The Labute approximate surface area is 248 Å². The Balaban J connectivity index is 1.51. The zero-order chi connectivity index (χ0) is 31.1. The second kappa shape index (κ2) is 13.3. The third kappa shape index (κ3) is 7.41. The summed E-state index contributed by atoms with van der Waals surface area (Å²) in [6.07, 6.45) is -0.0784. The van der Waals surface area contributed by atoms with Gasteiger partial charge in [-0.1, -0.05) is 42.5 Å². The van der Waals surface area contributed by atoms with Gasteiger partial charge in [0.15, 0.2) is 0 Å². The van der Waals surface area contributed by atoms with Gasteiger partial charge in [0, 0.05) is 36.5 Å². The van der Waals surface area contributed by atoms with Crippen molar-refractivity contribution < 1.29 is 27.7 Å². The maximum atomic E-state index is 13.4. The fourth-order valence-corrected chi connectivity index (χ4v) is 5.60. The summed E-state index contributed by atoms with van der Waals surface area (Å²) in [5, 5.41) is 15.1. The van der Waals surface area contributed by atoms with Gasteiger partial charge in [0.05, 0.1) is 9.82 Å². The van der Waals surface area contributed by atoms with E-state index in [1.807, 2.05) is 12.1 Å². The third-order valence-corrected chi connectivity index (χ3v) is 8.29. The van der Waals surface area contributed by atoms with Crippen LogP contribution in [0.3, 0.4) is 0 Å². The number of amides is 3. The summed E-state index contributed by atoms with van der Waals surface area (Å²) < 4.78 is 28.4. The molecule has 1 unspecified atom stereocenters. The molecule has 0 fully saturated rings. The third-order valence-electron chi connectivity index (χ3n) is 6.95. The molecule has 0 aliphatic heterocycles. The van der Waals surface area contributed by atoms with Crippen LogP contribution in [0.4, 0.5) is 11.4 Å². The molecule has 43 heavy (non-hydrogen) atoms. The van der Waals surface area contributed by atoms with E-state index in [2.05, 4.69) is 10.0 Å². The Morgan fingerprint density at radius 3 is 2.09 bits per heavy atom. The van der Waals surface area contributed by atoms with E-state index < -0.39 is 38.6 Å². The van der Waals surface area contributed by atoms with Crippen molar-refractivity contribution >= 4 is 49.9 Å². The molecule has 0 aliphatic rings. The van der Waals surface area contributed by atoms with Crippen molar-refractivity contribution in [2.75, 3.05) is 18.4 Å². The number of hydrogen-bond acceptors (Lipinski definition) is 7. The topological polar surface area (TPSA) is 156 Å². The second-order valence-corrected chi connectivity index (χ2v) is 11.4. The minimum absolute atomic E-state index is 0.0784. The quantitative estimate of drug-likeness (QED) is 0.145. The van der Waals surface area contributed by atoms with E-state index in [9.17, 15) is 32.9 Å². The normalized spacial score (nSPS) is 11.9. The summed E-state index contributed by atoms with van der Waals surface area (Å²) in [6, 6.07) is 23.3. The van der Waals surface area contributed by atoms with E-state index in [1.54, 1.807) is 56.3 Å². The lowest BCUT2D eigenvalue weighted by Crippen LogP contribution is -2.46. The van der Waals surface area contributed by atoms with Gasteiger partial charge in [-0.05, 0) is 73.0 Å². The number of carbonyl (C=O) groups excluding carboxylic acids is 3. The average Bonchev–Trinajstić information content (AvgIpc) is 3.00. The Morgan fingerprint density at radius 1 is 0.860 bits per heavy atom. The summed E-state index contributed by atoms with van der Waals surface area (Å²) in [5.74, 6) is -3.25. The first kappa shape index (κ1) is 30.8. The summed E-state index contributed by atoms with van der Waals surface area (Å²) in [6.45, 7) is 4.21. The molecule has 12 heteroatoms. The molecule has 0 saturated carbocycles. The van der Waals surface area contributed by atoms with Crippen molar-refractivity contribution in [1.29, 1.82) is 0 Å². The summed E-state index contributed by atoms with van der Waals surface area (Å²) in [5.41, 5.74) is 1.08. The number of sulfonamides is 1. The monoisotopic (exact) mass is 602 g/mol. The van der Waals surface area contributed by atoms with Crippen LogP contribution in [0, 0.1) is 16.0 Å². The van der Waals surface area contributed by atoms with E-state index in [1.165, 1.54) is 41.3 Å². The maximum Gasteiger partial charge on any atom is 0.269 e. The molecule has 1 atom stereocenters. The van der Waals surface area contributed by atoms with Crippen LogP contribution in [0.1, 0.15) is 29.8 Å². The summed E-state index contributed by atoms with van der Waals surface area (Å²) >= 11 is 0. The van der Waals surface area contributed by atoms with Gasteiger partial charge in [-0.2, -0.15) is 0 Å². The molecule has 0 aliphatic carbocycles. The minimum Gasteiger partial charge on any atom is -0.343 e. The summed E-state index contributed by atoms with van der Waals surface area (Å²) in [4.78, 5) is 50.9. The summed E-state index contributed by atoms with van der Waals surface area (Å²) in [7, 11) is -4.27. The van der Waals surface area contributed by atoms with E-state index in [4.69, 9.17) is 0 Å². The molecular weight excluding hydrogens is 572 g/mol. The number of nitro benzene ring substituents is 1. The SMILES string of the molecule is CCN(CC)C(=O)C(Cc1ccc(NC(=O)c2ccc([N+](=O)[O-])cc2)cc1)C(=O)NS(=O)(=O)c1ccc2ccccc2c1. The van der Waals surface area contributed by atoms with Gasteiger partial charge in [0.25, 0.3) is 21.6 Å². The van der Waals surface area contributed by atoms with Crippen LogP contribution < -0.4 is 10.0 Å². The first-order chi connectivity index (χ1) is 20.5. The van der Waals surface area contributed by atoms with E-state index in [0.29, 0.717) is 29.7 Å². The highest BCUT2D eigenvalue weighted by atomic mass is 32.2. The molecule has 0 aromatic heterocycles. The van der Waals surface area contributed by atoms with E-state index in [-0.39, 0.29) is 22.6 Å². The second-order valence-electron chi connectivity index (χ2n) is 9.70. The molecule has 2 N–H and O–H groups in total. The number of benzene rings is 4. The van der Waals surface area contributed by atoms with Crippen molar-refractivity contribution in [1.82, 2.24) is 9.62 Å². The molecule has 3 amide bonds. The van der Waals surface area contributed by atoms with Crippen molar-refractivity contribution in [2.24, 2.45) is 5.92 Å². The lowest BCUT2D eigenvalue weighted by Gasteiger charge is -2.25. The predicted molar refractivity (Wildman–Crippen MR) is 162 cm³/mol. The van der Waals surface area contributed by atoms with Crippen LogP contribution in [-0.2, 0) is 26.0 Å². The lowest BCUT2D eigenvalue weighted by atomic mass is 9.97. The number of hydrogen-bond donors (Lipinski definition) is 2. The number of non-ortho nitro benzene ring substituents is 1. The minimum atomic E-state index is -4.27. The fourth-order valence-electron chi connectivity index (χ4n) is 4.54. The molecule has 0 radical (unpaired) electrons. The van der Waals surface area contributed by atoms with E-state index >= 15 is 0 Å². The zero-order valence-corrected chi connectivity index (χ0v) is 24.3. The molecule has 4 aromatic rings. The highest BCUT2D eigenvalue weighted by Gasteiger charge is 2.33. The van der Waals surface area contributed by atoms with Crippen LogP contribution in [0.25, 0.3) is 10.8 Å². The average molecular weight is 603 g/mol. The molecule has 0 saturated heterocycles. The van der Waals surface area contributed by atoms with E-state index in [0.717, 1.165) is 5.39 Å². The van der Waals surface area contributed by atoms with Gasteiger partial charge in [-0.15, -0.1) is 0 Å². The molecule has 4 aromatic carbocycles. The Hall–Kier alpha value is -5.10. The number of nitrogens with one attached hydrogen (secondary N) is 2. The van der Waals surface area contributed by atoms with Gasteiger partial charge >= 0.3 is 0 Å². The van der Waals surface area contributed by atoms with Crippen molar-refractivity contribution in [3.63, 3.8) is 0 Å². The highest BCUT2D eigenvalue weighted by molar-refractivity contribution is 7.90. The van der Waals surface area contributed by atoms with Crippen LogP contribution in [0.5, 0.6) is 0 Å². The lowest BCUT2D eigenvalue weighted by molar-refractivity contribution is -0.384. The van der Waals surface area contributed by atoms with Crippen molar-refractivity contribution in [2.45, 2.75) is 25.2 Å². The standard InChI is InChI=1S/C31H30N4O7S/c1-3-34(4-2)31(38)28(30(37)33-43(41,42)27-18-13-22-7-5-6-8-24(22)20-27)19-21-9-14-25(15-10-21)32-29(36)23-11-16-26(17-12-23)35(39)40/h5-18,20,28H,3-4,19H2,1-2H3,(H,32,36)(H,33,37). The number of rotatable bonds is 11. The smallest absolute Gasteiger partial charge is 0.269 e. The molecule has 11 nitrogen and oxygen atoms in total. The van der Waals surface area contributed by atoms with Gasteiger partial charge in [0.2, 0.25) is 11.8 Å². The van der Waals surface area contributed by atoms with Gasteiger partial charge in [0.1, 0.15) is 5.92 Å². The molecule has 0 bridgehead atoms. The zero-order valence-electron chi connectivity index (χ0n) is 23.5. The predicted octanol–water partition coefficient (Wildman–Crippen LogP) is 4.53. The Morgan fingerprint density at radius 2 is 1.49 bits per heavy atom. The van der Waals surface area contributed by atoms with Crippen LogP contribution in [0.15, 0.2) is 95.9 Å². The van der Waals surface area contributed by atoms with Crippen molar-refractivity contribution in [3.05, 3.63) is 112 Å². The maximum absolute atomic E-state index is 13.4. The molecule has 4 rings (SSSR count). The highest BCUT2D eigenvalue weighted by Crippen LogP contribution is 2.21. The molecule has 222 valence electrons. The van der Waals surface area contributed by atoms with Crippen LogP contribution in [0.2, 0.25) is 0 Å². The first-order valence-corrected chi connectivity index (χ1v) is 15.0. The van der Waals surface area contributed by atoms with Crippen LogP contribution in [-0.4, -0.2) is 49.1 Å².